The molecule has 1 aromatic carbocycles. The van der Waals surface area contributed by atoms with Crippen molar-refractivity contribution < 1.29 is 19.1 Å². The van der Waals surface area contributed by atoms with Crippen molar-refractivity contribution in [3.8, 4) is 23.8 Å². The van der Waals surface area contributed by atoms with Crippen LogP contribution in [0.5, 0.6) is 11.5 Å². The first-order valence-corrected chi connectivity index (χ1v) is 11.1. The van der Waals surface area contributed by atoms with Gasteiger partial charge in [0.05, 0.1) is 7.11 Å². The summed E-state index contributed by atoms with van der Waals surface area (Å²) in [5, 5.41) is 6.21. The number of hydrogen-bond acceptors (Lipinski definition) is 6. The average molecular weight is 458 g/mol. The molecule has 1 amide bonds. The van der Waals surface area contributed by atoms with Crippen molar-refractivity contribution >= 4 is 17.5 Å². The number of terminal acetylenes is 1. The molecule has 0 saturated heterocycles. The van der Waals surface area contributed by atoms with Gasteiger partial charge in [0.2, 0.25) is 0 Å². The molecule has 174 valence electrons. The Morgan fingerprint density at radius 3 is 2.79 bits per heavy atom. The van der Waals surface area contributed by atoms with Crippen LogP contribution in [0.1, 0.15) is 38.2 Å². The molecule has 0 spiro atoms. The number of anilines is 1. The molecule has 1 aromatic heterocycles. The van der Waals surface area contributed by atoms with Gasteiger partial charge in [-0.2, -0.15) is 0 Å². The van der Waals surface area contributed by atoms with Gasteiger partial charge in [-0.25, -0.2) is 4.98 Å². The number of hydrogen-bond donors (Lipinski definition) is 2. The first-order valence-electron chi connectivity index (χ1n) is 11.1. The Bertz CT molecular complexity index is 1220. The molecule has 2 heterocycles. The van der Waals surface area contributed by atoms with Gasteiger partial charge in [-0.05, 0) is 49.1 Å². The third kappa shape index (κ3) is 4.53. The maximum atomic E-state index is 13.5. The summed E-state index contributed by atoms with van der Waals surface area (Å²) in [5.74, 6) is 3.23. The minimum Gasteiger partial charge on any atom is -0.493 e. The third-order valence-electron chi connectivity index (χ3n) is 6.01. The number of Topliss-reactive ketones (excluding diaryl/α,β-unsaturated/α-hetero) is 1. The predicted molar refractivity (Wildman–Crippen MR) is 129 cm³/mol. The maximum Gasteiger partial charge on any atom is 0.255 e. The van der Waals surface area contributed by atoms with Gasteiger partial charge in [-0.1, -0.05) is 25.0 Å². The van der Waals surface area contributed by atoms with Crippen LogP contribution in [-0.4, -0.2) is 30.4 Å². The lowest BCUT2D eigenvalue weighted by Gasteiger charge is -2.36. The van der Waals surface area contributed by atoms with Crippen LogP contribution in [-0.2, 0) is 9.59 Å². The highest BCUT2D eigenvalue weighted by molar-refractivity contribution is 6.09. The van der Waals surface area contributed by atoms with E-state index < -0.39 is 5.92 Å². The number of benzene rings is 1. The summed E-state index contributed by atoms with van der Waals surface area (Å²) in [6.07, 6.45) is 8.11. The topological polar surface area (TPSA) is 89.5 Å². The molecule has 2 N–H and O–H groups in total. The Kier molecular flexibility index (Phi) is 6.69. The van der Waals surface area contributed by atoms with Gasteiger partial charge in [0.25, 0.3) is 5.91 Å². The van der Waals surface area contributed by atoms with Crippen LogP contribution >= 0.6 is 0 Å². The lowest BCUT2D eigenvalue weighted by Crippen LogP contribution is -2.37. The van der Waals surface area contributed by atoms with E-state index >= 15 is 0 Å². The first-order chi connectivity index (χ1) is 16.4. The summed E-state index contributed by atoms with van der Waals surface area (Å²) in [6, 6.07) is 10.7. The second-order valence-corrected chi connectivity index (χ2v) is 8.50. The quantitative estimate of drug-likeness (QED) is 0.639. The maximum absolute atomic E-state index is 13.5. The molecule has 7 nitrogen and oxygen atoms in total. The van der Waals surface area contributed by atoms with Crippen LogP contribution in [0.4, 0.5) is 5.82 Å². The number of carbonyl (C=O) groups excluding carboxylic acids is 2. The fraction of sp³-hybridized carbons (Fsp3) is 0.296. The van der Waals surface area contributed by atoms with Crippen molar-refractivity contribution in [2.24, 2.45) is 5.92 Å². The second kappa shape index (κ2) is 9.84. The number of aromatic nitrogens is 1. The van der Waals surface area contributed by atoms with E-state index in [0.717, 1.165) is 17.7 Å². The molecule has 34 heavy (non-hydrogen) atoms. The zero-order valence-electron chi connectivity index (χ0n) is 19.5. The van der Waals surface area contributed by atoms with E-state index in [0.29, 0.717) is 40.6 Å². The van der Waals surface area contributed by atoms with E-state index in [9.17, 15) is 9.59 Å². The molecule has 0 saturated carbocycles. The summed E-state index contributed by atoms with van der Waals surface area (Å²) >= 11 is 0. The van der Waals surface area contributed by atoms with Gasteiger partial charge >= 0.3 is 0 Å². The second-order valence-electron chi connectivity index (χ2n) is 8.50. The predicted octanol–water partition coefficient (Wildman–Crippen LogP) is 3.95. The number of methoxy groups -OCH3 is 1. The van der Waals surface area contributed by atoms with Crippen LogP contribution in [0.3, 0.4) is 0 Å². The van der Waals surface area contributed by atoms with E-state index in [1.165, 1.54) is 7.11 Å². The van der Waals surface area contributed by atoms with Crippen LogP contribution < -0.4 is 20.1 Å². The molecule has 0 bridgehead atoms. The zero-order valence-corrected chi connectivity index (χ0v) is 19.5. The number of nitrogens with zero attached hydrogens (tertiary/aromatic N) is 1. The highest BCUT2D eigenvalue weighted by atomic mass is 16.5. The molecule has 1 aliphatic carbocycles. The molecule has 0 fully saturated rings. The fourth-order valence-electron chi connectivity index (χ4n) is 4.59. The van der Waals surface area contributed by atoms with Crippen LogP contribution in [0.15, 0.2) is 65.1 Å². The molecule has 0 radical (unpaired) electrons. The Morgan fingerprint density at radius 2 is 2.09 bits per heavy atom. The fourth-order valence-corrected chi connectivity index (χ4v) is 4.59. The Balaban J connectivity index is 1.81. The van der Waals surface area contributed by atoms with Gasteiger partial charge in [0.15, 0.2) is 17.3 Å². The molecular formula is C27H27N3O4. The van der Waals surface area contributed by atoms with Crippen LogP contribution in [0.25, 0.3) is 0 Å². The Hall–Kier alpha value is -4.05. The lowest BCUT2D eigenvalue weighted by atomic mass is 9.73. The SMILES string of the molecule is C#CCOc1ccc([C@H]2C(C(=O)Nc3ccccn3)=C(C)NC3=C2C(=O)C[C@H](C)C3)cc1OC. The minimum absolute atomic E-state index is 0.0357. The summed E-state index contributed by atoms with van der Waals surface area (Å²) in [5.41, 5.74) is 3.41. The number of rotatable bonds is 6. The highest BCUT2D eigenvalue weighted by Crippen LogP contribution is 2.45. The van der Waals surface area contributed by atoms with E-state index in [1.54, 1.807) is 36.5 Å². The van der Waals surface area contributed by atoms with Gasteiger partial charge in [0.1, 0.15) is 12.4 Å². The molecule has 7 heteroatoms. The summed E-state index contributed by atoms with van der Waals surface area (Å²) in [6.45, 7) is 4.02. The lowest BCUT2D eigenvalue weighted by molar-refractivity contribution is -0.117. The van der Waals surface area contributed by atoms with Crippen LogP contribution in [0.2, 0.25) is 0 Å². The number of amides is 1. The summed E-state index contributed by atoms with van der Waals surface area (Å²) in [7, 11) is 1.54. The molecule has 2 aliphatic rings. The standard InChI is InChI=1S/C27H27N3O4/c1-5-12-34-21-10-9-18(15-22(21)33-4)25-24(27(32)30-23-8-6-7-11-28-23)17(3)29-19-13-16(2)14-20(31)26(19)25/h1,6-11,15-16,25,29H,12-14H2,2-4H3,(H,28,30,32)/t16-,25+/m1/s1. The molecule has 1 aliphatic heterocycles. The van der Waals surface area contributed by atoms with Crippen molar-refractivity contribution in [3.63, 3.8) is 0 Å². The molecule has 0 unspecified atom stereocenters. The minimum atomic E-state index is -0.560. The normalized spacial score (nSPS) is 19.6. The van der Waals surface area contributed by atoms with E-state index in [2.05, 4.69) is 28.5 Å². The smallest absolute Gasteiger partial charge is 0.255 e. The number of ether oxygens (including phenoxy) is 2. The Labute approximate surface area is 199 Å². The van der Waals surface area contributed by atoms with Crippen molar-refractivity contribution in [1.29, 1.82) is 0 Å². The summed E-state index contributed by atoms with van der Waals surface area (Å²) < 4.78 is 11.1. The average Bonchev–Trinajstić information content (AvgIpc) is 2.82. The largest absolute Gasteiger partial charge is 0.493 e. The number of nitrogens with one attached hydrogen (secondary N) is 2. The van der Waals surface area contributed by atoms with Gasteiger partial charge in [-0.3, -0.25) is 9.59 Å². The Morgan fingerprint density at radius 1 is 1.26 bits per heavy atom. The monoisotopic (exact) mass is 457 g/mol. The highest BCUT2D eigenvalue weighted by Gasteiger charge is 2.40. The van der Waals surface area contributed by atoms with Gasteiger partial charge in [0, 0.05) is 41.1 Å². The molecule has 2 aromatic rings. The molecule has 2 atom stereocenters. The summed E-state index contributed by atoms with van der Waals surface area (Å²) in [4.78, 5) is 31.0. The third-order valence-corrected chi connectivity index (χ3v) is 6.01. The molecule has 4 rings (SSSR count). The van der Waals surface area contributed by atoms with Crippen molar-refractivity contribution in [3.05, 3.63) is 70.7 Å². The van der Waals surface area contributed by atoms with Gasteiger partial charge < -0.3 is 20.1 Å². The van der Waals surface area contributed by atoms with E-state index in [1.807, 2.05) is 13.0 Å². The van der Waals surface area contributed by atoms with E-state index in [4.69, 9.17) is 15.9 Å². The zero-order chi connectivity index (χ0) is 24.2. The molecular weight excluding hydrogens is 430 g/mol. The van der Waals surface area contributed by atoms with E-state index in [-0.39, 0.29) is 24.2 Å². The first kappa shape index (κ1) is 23.1. The number of allylic oxidation sites excluding steroid dienone is 3. The van der Waals surface area contributed by atoms with Crippen molar-refractivity contribution in [2.45, 2.75) is 32.6 Å². The van der Waals surface area contributed by atoms with Crippen LogP contribution in [0, 0.1) is 18.3 Å². The van der Waals surface area contributed by atoms with Gasteiger partial charge in [-0.15, -0.1) is 6.42 Å². The van der Waals surface area contributed by atoms with Crippen molar-refractivity contribution in [1.82, 2.24) is 10.3 Å². The number of carbonyl (C=O) groups is 2. The number of ketones is 1. The number of dihydropyridines is 1. The van der Waals surface area contributed by atoms with Crippen molar-refractivity contribution in [2.75, 3.05) is 19.0 Å². The number of pyridine rings is 1.